The number of fused-ring (bicyclic) bond motifs is 1. The molecule has 2 aliphatic rings. The van der Waals surface area contributed by atoms with Gasteiger partial charge in [0.15, 0.2) is 0 Å². The van der Waals surface area contributed by atoms with Crippen LogP contribution in [-0.4, -0.2) is 42.3 Å². The van der Waals surface area contributed by atoms with Crippen molar-refractivity contribution < 1.29 is 9.53 Å². The van der Waals surface area contributed by atoms with Gasteiger partial charge in [-0.1, -0.05) is 30.3 Å². The molecule has 0 bridgehead atoms. The Bertz CT molecular complexity index is 524. The summed E-state index contributed by atoms with van der Waals surface area (Å²) in [4.78, 5) is 14.5. The summed E-state index contributed by atoms with van der Waals surface area (Å²) in [6, 6.07) is 10.7. The SMILES string of the molecule is CC(C)(C)OC(=O)N1CC2CNCC2C1Cc1ccccc1. The van der Waals surface area contributed by atoms with Crippen LogP contribution >= 0.6 is 0 Å². The number of nitrogens with one attached hydrogen (secondary N) is 1. The maximum absolute atomic E-state index is 12.6. The van der Waals surface area contributed by atoms with Crippen LogP contribution in [0.5, 0.6) is 0 Å². The summed E-state index contributed by atoms with van der Waals surface area (Å²) in [5.74, 6) is 1.09. The van der Waals surface area contributed by atoms with Crippen LogP contribution in [0.2, 0.25) is 0 Å². The number of amides is 1. The maximum atomic E-state index is 12.6. The monoisotopic (exact) mass is 302 g/mol. The minimum atomic E-state index is -0.440. The second-order valence-corrected chi connectivity index (χ2v) is 7.47. The third-order valence-electron chi connectivity index (χ3n) is 4.63. The largest absolute Gasteiger partial charge is 0.444 e. The molecule has 2 fully saturated rings. The molecular formula is C18H26N2O2. The minimum Gasteiger partial charge on any atom is -0.444 e. The van der Waals surface area contributed by atoms with Gasteiger partial charge in [-0.2, -0.15) is 0 Å². The van der Waals surface area contributed by atoms with Crippen LogP contribution in [-0.2, 0) is 11.2 Å². The molecule has 2 heterocycles. The van der Waals surface area contributed by atoms with E-state index in [4.69, 9.17) is 4.74 Å². The number of carbonyl (C=O) groups is 1. The Balaban J connectivity index is 1.77. The van der Waals surface area contributed by atoms with Crippen LogP contribution in [0.1, 0.15) is 26.3 Å². The van der Waals surface area contributed by atoms with E-state index < -0.39 is 5.60 Å². The van der Waals surface area contributed by atoms with Gasteiger partial charge < -0.3 is 15.0 Å². The van der Waals surface area contributed by atoms with Crippen molar-refractivity contribution in [3.05, 3.63) is 35.9 Å². The van der Waals surface area contributed by atoms with Crippen LogP contribution in [0, 0.1) is 11.8 Å². The van der Waals surface area contributed by atoms with Crippen molar-refractivity contribution in [3.63, 3.8) is 0 Å². The molecule has 3 atom stereocenters. The van der Waals surface area contributed by atoms with E-state index in [1.54, 1.807) is 0 Å². The third-order valence-corrected chi connectivity index (χ3v) is 4.63. The van der Waals surface area contributed by atoms with Gasteiger partial charge in [-0.3, -0.25) is 0 Å². The van der Waals surface area contributed by atoms with Gasteiger partial charge in [-0.15, -0.1) is 0 Å². The predicted octanol–water partition coefficient (Wildman–Crippen LogP) is 2.68. The first kappa shape index (κ1) is 15.3. The van der Waals surface area contributed by atoms with Crippen LogP contribution in [0.4, 0.5) is 4.79 Å². The molecule has 120 valence electrons. The Morgan fingerprint density at radius 2 is 2.00 bits per heavy atom. The number of nitrogens with zero attached hydrogens (tertiary/aromatic N) is 1. The first-order valence-electron chi connectivity index (χ1n) is 8.18. The quantitative estimate of drug-likeness (QED) is 0.913. The van der Waals surface area contributed by atoms with Crippen molar-refractivity contribution in [2.24, 2.45) is 11.8 Å². The topological polar surface area (TPSA) is 41.6 Å². The molecule has 3 unspecified atom stereocenters. The fraction of sp³-hybridized carbons (Fsp3) is 0.611. The number of likely N-dealkylation sites (tertiary alicyclic amines) is 1. The summed E-state index contributed by atoms with van der Waals surface area (Å²) in [6.45, 7) is 8.60. The highest BCUT2D eigenvalue weighted by Gasteiger charge is 2.46. The molecule has 0 radical (unpaired) electrons. The van der Waals surface area contributed by atoms with Gasteiger partial charge in [-0.05, 0) is 44.6 Å². The van der Waals surface area contributed by atoms with Gasteiger partial charge in [0.2, 0.25) is 0 Å². The number of rotatable bonds is 2. The number of hydrogen-bond acceptors (Lipinski definition) is 3. The third kappa shape index (κ3) is 3.27. The lowest BCUT2D eigenvalue weighted by Crippen LogP contribution is -2.43. The van der Waals surface area contributed by atoms with Crippen molar-refractivity contribution in [1.82, 2.24) is 10.2 Å². The highest BCUT2D eigenvalue weighted by molar-refractivity contribution is 5.69. The predicted molar refractivity (Wildman–Crippen MR) is 86.7 cm³/mol. The fourth-order valence-corrected chi connectivity index (χ4v) is 3.67. The van der Waals surface area contributed by atoms with E-state index in [1.807, 2.05) is 31.7 Å². The fourth-order valence-electron chi connectivity index (χ4n) is 3.67. The molecule has 0 aromatic heterocycles. The summed E-state index contributed by atoms with van der Waals surface area (Å²) >= 11 is 0. The van der Waals surface area contributed by atoms with Crippen LogP contribution in [0.15, 0.2) is 30.3 Å². The molecule has 2 aliphatic heterocycles. The van der Waals surface area contributed by atoms with E-state index in [1.165, 1.54) is 5.56 Å². The number of hydrogen-bond donors (Lipinski definition) is 1. The van der Waals surface area contributed by atoms with Crippen molar-refractivity contribution in [1.29, 1.82) is 0 Å². The van der Waals surface area contributed by atoms with E-state index in [0.29, 0.717) is 11.8 Å². The second kappa shape index (κ2) is 5.92. The van der Waals surface area contributed by atoms with E-state index in [-0.39, 0.29) is 12.1 Å². The van der Waals surface area contributed by atoms with E-state index in [9.17, 15) is 4.79 Å². The van der Waals surface area contributed by atoms with Crippen molar-refractivity contribution in [3.8, 4) is 0 Å². The molecule has 4 nitrogen and oxygen atoms in total. The number of carbonyl (C=O) groups excluding carboxylic acids is 1. The second-order valence-electron chi connectivity index (χ2n) is 7.47. The van der Waals surface area contributed by atoms with Crippen LogP contribution < -0.4 is 5.32 Å². The van der Waals surface area contributed by atoms with Gasteiger partial charge in [0.05, 0.1) is 0 Å². The van der Waals surface area contributed by atoms with E-state index in [2.05, 4.69) is 29.6 Å². The Labute approximate surface area is 132 Å². The van der Waals surface area contributed by atoms with Gasteiger partial charge in [0, 0.05) is 25.7 Å². The number of ether oxygens (including phenoxy) is 1. The highest BCUT2D eigenvalue weighted by Crippen LogP contribution is 2.35. The minimum absolute atomic E-state index is 0.164. The molecule has 0 saturated carbocycles. The summed E-state index contributed by atoms with van der Waals surface area (Å²) in [5, 5.41) is 3.47. The van der Waals surface area contributed by atoms with Crippen molar-refractivity contribution in [2.45, 2.75) is 38.8 Å². The van der Waals surface area contributed by atoms with Gasteiger partial charge in [0.1, 0.15) is 5.60 Å². The lowest BCUT2D eigenvalue weighted by Gasteiger charge is -2.30. The molecule has 1 aromatic carbocycles. The van der Waals surface area contributed by atoms with Gasteiger partial charge >= 0.3 is 6.09 Å². The normalized spacial score (nSPS) is 27.8. The Morgan fingerprint density at radius 3 is 2.68 bits per heavy atom. The molecule has 4 heteroatoms. The molecule has 2 saturated heterocycles. The zero-order valence-corrected chi connectivity index (χ0v) is 13.7. The summed E-state index contributed by atoms with van der Waals surface area (Å²) in [5.41, 5.74) is 0.846. The lowest BCUT2D eigenvalue weighted by atomic mass is 9.90. The van der Waals surface area contributed by atoms with E-state index >= 15 is 0 Å². The molecule has 1 amide bonds. The van der Waals surface area contributed by atoms with Crippen molar-refractivity contribution in [2.75, 3.05) is 19.6 Å². The summed E-state index contributed by atoms with van der Waals surface area (Å²) in [6.07, 6.45) is 0.742. The molecular weight excluding hydrogens is 276 g/mol. The molecule has 0 spiro atoms. The summed E-state index contributed by atoms with van der Waals surface area (Å²) in [7, 11) is 0. The van der Waals surface area contributed by atoms with E-state index in [0.717, 1.165) is 26.1 Å². The Morgan fingerprint density at radius 1 is 1.27 bits per heavy atom. The molecule has 3 rings (SSSR count). The number of benzene rings is 1. The molecule has 1 aromatic rings. The smallest absolute Gasteiger partial charge is 0.410 e. The average Bonchev–Trinajstić information content (AvgIpc) is 3.01. The van der Waals surface area contributed by atoms with Crippen molar-refractivity contribution >= 4 is 6.09 Å². The average molecular weight is 302 g/mol. The Kier molecular flexibility index (Phi) is 4.13. The summed E-state index contributed by atoms with van der Waals surface area (Å²) < 4.78 is 5.62. The van der Waals surface area contributed by atoms with Gasteiger partial charge in [-0.25, -0.2) is 4.79 Å². The first-order chi connectivity index (χ1) is 10.4. The molecule has 0 aliphatic carbocycles. The zero-order chi connectivity index (χ0) is 15.7. The molecule has 22 heavy (non-hydrogen) atoms. The zero-order valence-electron chi connectivity index (χ0n) is 13.7. The lowest BCUT2D eigenvalue weighted by molar-refractivity contribution is 0.0204. The first-order valence-corrected chi connectivity index (χ1v) is 8.18. The maximum Gasteiger partial charge on any atom is 0.410 e. The molecule has 1 N–H and O–H groups in total. The van der Waals surface area contributed by atoms with Crippen LogP contribution in [0.25, 0.3) is 0 Å². The standard InChI is InChI=1S/C18H26N2O2/c1-18(2,3)22-17(21)20-12-14-10-19-11-15(14)16(20)9-13-7-5-4-6-8-13/h4-8,14-16,19H,9-12H2,1-3H3. The Hall–Kier alpha value is -1.55. The highest BCUT2D eigenvalue weighted by atomic mass is 16.6. The van der Waals surface area contributed by atoms with Crippen LogP contribution in [0.3, 0.4) is 0 Å². The van der Waals surface area contributed by atoms with Gasteiger partial charge in [0.25, 0.3) is 0 Å².